The molecule has 0 fully saturated rings. The molecular weight excluding hydrogens is 182 g/mol. The van der Waals surface area contributed by atoms with Gasteiger partial charge in [0, 0.05) is 23.6 Å². The Bertz CT molecular complexity index is 507. The van der Waals surface area contributed by atoms with Crippen LogP contribution in [-0.2, 0) is 13.5 Å². The summed E-state index contributed by atoms with van der Waals surface area (Å²) < 4.78 is 2.39. The number of fused-ring (bicyclic) bond motifs is 3. The van der Waals surface area contributed by atoms with Crippen LogP contribution in [0.4, 0.5) is 0 Å². The van der Waals surface area contributed by atoms with E-state index in [2.05, 4.69) is 42.8 Å². The molecule has 0 saturated heterocycles. The highest BCUT2D eigenvalue weighted by molar-refractivity contribution is 5.86. The fourth-order valence-corrected chi connectivity index (χ4v) is 3.05. The van der Waals surface area contributed by atoms with Gasteiger partial charge in [-0.15, -0.1) is 0 Å². The SMILES string of the molecule is CC1CCCc2c1c1ccccc1n2C. The smallest absolute Gasteiger partial charge is 0.0482 e. The van der Waals surface area contributed by atoms with Gasteiger partial charge in [0.1, 0.15) is 0 Å². The number of hydrogen-bond acceptors (Lipinski definition) is 0. The molecule has 0 spiro atoms. The summed E-state index contributed by atoms with van der Waals surface area (Å²) in [4.78, 5) is 0. The molecule has 15 heavy (non-hydrogen) atoms. The molecule has 2 aromatic rings. The number of nitrogens with zero attached hydrogens (tertiary/aromatic N) is 1. The van der Waals surface area contributed by atoms with Crippen molar-refractivity contribution in [1.29, 1.82) is 0 Å². The van der Waals surface area contributed by atoms with Gasteiger partial charge in [-0.2, -0.15) is 0 Å². The molecule has 0 amide bonds. The third-order valence-corrected chi connectivity index (χ3v) is 3.81. The third kappa shape index (κ3) is 1.16. The largest absolute Gasteiger partial charge is 0.347 e. The standard InChI is InChI=1S/C14H17N/c1-10-6-5-9-13-14(10)11-7-3-4-8-12(11)15(13)2/h3-4,7-8,10H,5-6,9H2,1-2H3. The molecule has 0 radical (unpaired) electrons. The van der Waals surface area contributed by atoms with Crippen LogP contribution in [-0.4, -0.2) is 4.57 Å². The molecule has 78 valence electrons. The normalized spacial score (nSPS) is 20.5. The zero-order valence-corrected chi connectivity index (χ0v) is 9.46. The molecule has 1 aromatic heterocycles. The van der Waals surface area contributed by atoms with E-state index < -0.39 is 0 Å². The van der Waals surface area contributed by atoms with Crippen LogP contribution < -0.4 is 0 Å². The zero-order valence-electron chi connectivity index (χ0n) is 9.46. The lowest BCUT2D eigenvalue weighted by atomic mass is 9.86. The van der Waals surface area contributed by atoms with Gasteiger partial charge in [0.2, 0.25) is 0 Å². The first-order valence-corrected chi connectivity index (χ1v) is 5.85. The Morgan fingerprint density at radius 2 is 2.07 bits per heavy atom. The monoisotopic (exact) mass is 199 g/mol. The van der Waals surface area contributed by atoms with Crippen molar-refractivity contribution in [2.24, 2.45) is 7.05 Å². The predicted molar refractivity (Wildman–Crippen MR) is 64.3 cm³/mol. The predicted octanol–water partition coefficient (Wildman–Crippen LogP) is 3.62. The van der Waals surface area contributed by atoms with Crippen LogP contribution in [0, 0.1) is 0 Å². The average Bonchev–Trinajstić information content (AvgIpc) is 2.55. The fraction of sp³-hybridized carbons (Fsp3) is 0.429. The average molecular weight is 199 g/mol. The molecule has 1 heteroatoms. The summed E-state index contributed by atoms with van der Waals surface area (Å²) >= 11 is 0. The number of aromatic nitrogens is 1. The molecule has 1 atom stereocenters. The van der Waals surface area contributed by atoms with Crippen LogP contribution in [0.1, 0.15) is 36.9 Å². The van der Waals surface area contributed by atoms with Crippen LogP contribution in [0.5, 0.6) is 0 Å². The van der Waals surface area contributed by atoms with Gasteiger partial charge >= 0.3 is 0 Å². The summed E-state index contributed by atoms with van der Waals surface area (Å²) in [6.07, 6.45) is 3.95. The highest BCUT2D eigenvalue weighted by Gasteiger charge is 2.22. The van der Waals surface area contributed by atoms with Gasteiger partial charge < -0.3 is 4.57 Å². The molecule has 1 aliphatic rings. The summed E-state index contributed by atoms with van der Waals surface area (Å²) in [5, 5.41) is 1.47. The molecule has 1 unspecified atom stereocenters. The molecule has 3 rings (SSSR count). The minimum absolute atomic E-state index is 0.736. The Morgan fingerprint density at radius 3 is 2.93 bits per heavy atom. The maximum atomic E-state index is 2.39. The Labute approximate surface area is 90.7 Å². The van der Waals surface area contributed by atoms with E-state index in [1.807, 2.05) is 0 Å². The molecule has 1 nitrogen and oxygen atoms in total. The second kappa shape index (κ2) is 3.13. The number of para-hydroxylation sites is 1. The zero-order chi connectivity index (χ0) is 10.4. The highest BCUT2D eigenvalue weighted by Crippen LogP contribution is 2.37. The Balaban J connectivity index is 2.41. The van der Waals surface area contributed by atoms with Crippen molar-refractivity contribution in [2.75, 3.05) is 0 Å². The van der Waals surface area contributed by atoms with Gasteiger partial charge in [-0.3, -0.25) is 0 Å². The number of aryl methyl sites for hydroxylation is 1. The maximum Gasteiger partial charge on any atom is 0.0482 e. The van der Waals surface area contributed by atoms with Gasteiger partial charge in [-0.25, -0.2) is 0 Å². The van der Waals surface area contributed by atoms with Crippen LogP contribution in [0.15, 0.2) is 24.3 Å². The van der Waals surface area contributed by atoms with Crippen LogP contribution in [0.2, 0.25) is 0 Å². The minimum Gasteiger partial charge on any atom is -0.347 e. The minimum atomic E-state index is 0.736. The second-order valence-corrected chi connectivity index (χ2v) is 4.73. The maximum absolute atomic E-state index is 2.39. The van der Waals surface area contributed by atoms with Crippen molar-refractivity contribution >= 4 is 10.9 Å². The first-order valence-electron chi connectivity index (χ1n) is 5.85. The van der Waals surface area contributed by atoms with E-state index in [0.29, 0.717) is 0 Å². The Kier molecular flexibility index (Phi) is 1.88. The van der Waals surface area contributed by atoms with Gasteiger partial charge in [-0.05, 0) is 36.8 Å². The van der Waals surface area contributed by atoms with Crippen LogP contribution in [0.3, 0.4) is 0 Å². The fourth-order valence-electron chi connectivity index (χ4n) is 3.05. The van der Waals surface area contributed by atoms with Gasteiger partial charge in [-0.1, -0.05) is 25.1 Å². The second-order valence-electron chi connectivity index (χ2n) is 4.73. The lowest BCUT2D eigenvalue weighted by molar-refractivity contribution is 0.574. The van der Waals surface area contributed by atoms with Crippen molar-refractivity contribution in [3.8, 4) is 0 Å². The van der Waals surface area contributed by atoms with E-state index in [-0.39, 0.29) is 0 Å². The van der Waals surface area contributed by atoms with Crippen molar-refractivity contribution < 1.29 is 0 Å². The van der Waals surface area contributed by atoms with Crippen LogP contribution in [0.25, 0.3) is 10.9 Å². The summed E-state index contributed by atoms with van der Waals surface area (Å²) in [6.45, 7) is 2.37. The van der Waals surface area contributed by atoms with Gasteiger partial charge in [0.05, 0.1) is 0 Å². The van der Waals surface area contributed by atoms with E-state index in [0.717, 1.165) is 5.92 Å². The molecular formula is C14H17N. The molecule has 0 bridgehead atoms. The van der Waals surface area contributed by atoms with E-state index >= 15 is 0 Å². The summed E-state index contributed by atoms with van der Waals surface area (Å²) in [5.41, 5.74) is 4.57. The van der Waals surface area contributed by atoms with Gasteiger partial charge in [0.25, 0.3) is 0 Å². The molecule has 1 aliphatic carbocycles. The van der Waals surface area contributed by atoms with E-state index in [9.17, 15) is 0 Å². The summed E-state index contributed by atoms with van der Waals surface area (Å²) in [5.74, 6) is 0.736. The summed E-state index contributed by atoms with van der Waals surface area (Å²) in [7, 11) is 2.21. The molecule has 0 saturated carbocycles. The van der Waals surface area contributed by atoms with Crippen molar-refractivity contribution in [1.82, 2.24) is 4.57 Å². The lowest BCUT2D eigenvalue weighted by Gasteiger charge is -2.20. The quantitative estimate of drug-likeness (QED) is 0.610. The van der Waals surface area contributed by atoms with E-state index in [4.69, 9.17) is 0 Å². The third-order valence-electron chi connectivity index (χ3n) is 3.81. The highest BCUT2D eigenvalue weighted by atomic mass is 15.0. The molecule has 0 N–H and O–H groups in total. The molecule has 0 aliphatic heterocycles. The Morgan fingerprint density at radius 1 is 1.27 bits per heavy atom. The Hall–Kier alpha value is -1.24. The van der Waals surface area contributed by atoms with E-state index in [1.165, 1.54) is 30.2 Å². The molecule has 1 heterocycles. The molecule has 1 aromatic carbocycles. The van der Waals surface area contributed by atoms with E-state index in [1.54, 1.807) is 11.3 Å². The first-order chi connectivity index (χ1) is 7.29. The first kappa shape index (κ1) is 9.02. The number of rotatable bonds is 0. The van der Waals surface area contributed by atoms with Gasteiger partial charge in [0.15, 0.2) is 0 Å². The number of hydrogen-bond donors (Lipinski definition) is 0. The topological polar surface area (TPSA) is 4.93 Å². The van der Waals surface area contributed by atoms with Crippen molar-refractivity contribution in [3.63, 3.8) is 0 Å². The van der Waals surface area contributed by atoms with Crippen molar-refractivity contribution in [3.05, 3.63) is 35.5 Å². The van der Waals surface area contributed by atoms with Crippen molar-refractivity contribution in [2.45, 2.75) is 32.1 Å². The van der Waals surface area contributed by atoms with Crippen LogP contribution >= 0.6 is 0 Å². The summed E-state index contributed by atoms with van der Waals surface area (Å²) in [6, 6.07) is 8.80. The number of benzene rings is 1. The lowest BCUT2D eigenvalue weighted by Crippen LogP contribution is -2.08.